The molecule has 146 valence electrons. The van der Waals surface area contributed by atoms with E-state index >= 15 is 0 Å². The molecule has 1 saturated heterocycles. The second-order valence-corrected chi connectivity index (χ2v) is 6.24. The molecule has 0 unspecified atom stereocenters. The number of hydrogen-bond acceptors (Lipinski definition) is 5. The highest BCUT2D eigenvalue weighted by Crippen LogP contribution is 2.24. The van der Waals surface area contributed by atoms with E-state index in [0.29, 0.717) is 18.5 Å². The average molecular weight is 379 g/mol. The summed E-state index contributed by atoms with van der Waals surface area (Å²) in [6, 6.07) is 4.42. The highest BCUT2D eigenvalue weighted by molar-refractivity contribution is 6.08. The van der Waals surface area contributed by atoms with Crippen molar-refractivity contribution in [2.24, 2.45) is 0 Å². The quantitative estimate of drug-likeness (QED) is 0.555. The monoisotopic (exact) mass is 379 g/mol. The zero-order chi connectivity index (χ0) is 20.2. The minimum Gasteiger partial charge on any atom is -0.451 e. The SMILES string of the molecule is CCC1(CC)NC(=O)N(CC(=O)O[C@@H](C)C(=O)Nc2ccc(F)cc2)C1=O. The molecule has 2 rings (SSSR count). The lowest BCUT2D eigenvalue weighted by molar-refractivity contribution is -0.155. The van der Waals surface area contributed by atoms with Gasteiger partial charge in [-0.25, -0.2) is 9.18 Å². The van der Waals surface area contributed by atoms with Crippen LogP contribution >= 0.6 is 0 Å². The number of nitrogens with one attached hydrogen (secondary N) is 2. The van der Waals surface area contributed by atoms with Gasteiger partial charge in [0.15, 0.2) is 6.10 Å². The topological polar surface area (TPSA) is 105 Å². The second-order valence-electron chi connectivity index (χ2n) is 6.24. The van der Waals surface area contributed by atoms with Crippen LogP contribution in [0.5, 0.6) is 0 Å². The Labute approximate surface area is 156 Å². The number of esters is 1. The number of carbonyl (C=O) groups excluding carboxylic acids is 4. The van der Waals surface area contributed by atoms with Crippen LogP contribution in [0.2, 0.25) is 0 Å². The molecule has 0 bridgehead atoms. The molecular formula is C18H22FN3O5. The number of halogens is 1. The van der Waals surface area contributed by atoms with Crippen LogP contribution < -0.4 is 10.6 Å². The van der Waals surface area contributed by atoms with Crippen LogP contribution in [0.25, 0.3) is 0 Å². The normalized spacial score (nSPS) is 16.7. The number of anilines is 1. The molecule has 2 N–H and O–H groups in total. The van der Waals surface area contributed by atoms with E-state index in [1.807, 2.05) is 0 Å². The number of carbonyl (C=O) groups is 4. The van der Waals surface area contributed by atoms with Crippen LogP contribution in [-0.4, -0.2) is 46.9 Å². The van der Waals surface area contributed by atoms with E-state index in [1.54, 1.807) is 13.8 Å². The zero-order valence-corrected chi connectivity index (χ0v) is 15.4. The number of hydrogen-bond donors (Lipinski definition) is 2. The third-order valence-electron chi connectivity index (χ3n) is 4.53. The fourth-order valence-corrected chi connectivity index (χ4v) is 2.74. The summed E-state index contributed by atoms with van der Waals surface area (Å²) >= 11 is 0. The minimum atomic E-state index is -1.16. The van der Waals surface area contributed by atoms with Gasteiger partial charge in [0.2, 0.25) is 0 Å². The Bertz CT molecular complexity index is 746. The van der Waals surface area contributed by atoms with Gasteiger partial charge in [0.1, 0.15) is 17.9 Å². The summed E-state index contributed by atoms with van der Waals surface area (Å²) in [7, 11) is 0. The fraction of sp³-hybridized carbons (Fsp3) is 0.444. The van der Waals surface area contributed by atoms with Crippen molar-refractivity contribution < 1.29 is 28.3 Å². The van der Waals surface area contributed by atoms with E-state index in [2.05, 4.69) is 10.6 Å². The number of imide groups is 1. The molecule has 0 spiro atoms. The number of rotatable bonds is 7. The average Bonchev–Trinajstić information content (AvgIpc) is 2.88. The first-order valence-electron chi connectivity index (χ1n) is 8.62. The predicted molar refractivity (Wildman–Crippen MR) is 94.1 cm³/mol. The standard InChI is InChI=1S/C18H22FN3O5/c1-4-18(5-2)16(25)22(17(26)21-18)10-14(23)27-11(3)15(24)20-13-8-6-12(19)7-9-13/h6-9,11H,4-5,10H2,1-3H3,(H,20,24)(H,21,26)/t11-/m0/s1. The molecule has 1 heterocycles. The van der Waals surface area contributed by atoms with Crippen molar-refractivity contribution >= 4 is 29.5 Å². The lowest BCUT2D eigenvalue weighted by Gasteiger charge is -2.23. The first kappa shape index (κ1) is 20.3. The Balaban J connectivity index is 1.92. The van der Waals surface area contributed by atoms with Crippen LogP contribution in [0.4, 0.5) is 14.9 Å². The van der Waals surface area contributed by atoms with Gasteiger partial charge in [0.05, 0.1) is 0 Å². The van der Waals surface area contributed by atoms with Gasteiger partial charge in [-0.05, 0) is 44.0 Å². The molecule has 0 aromatic heterocycles. The van der Waals surface area contributed by atoms with Crippen LogP contribution in [-0.2, 0) is 19.1 Å². The summed E-state index contributed by atoms with van der Waals surface area (Å²) in [6.07, 6.45) is -0.364. The summed E-state index contributed by atoms with van der Waals surface area (Å²) in [4.78, 5) is 49.4. The number of nitrogens with zero attached hydrogens (tertiary/aromatic N) is 1. The number of urea groups is 1. The van der Waals surface area contributed by atoms with Crippen LogP contribution in [0.1, 0.15) is 33.6 Å². The van der Waals surface area contributed by atoms with Crippen LogP contribution in [0, 0.1) is 5.82 Å². The molecule has 9 heteroatoms. The number of ether oxygens (including phenoxy) is 1. The van der Waals surface area contributed by atoms with Crippen molar-refractivity contribution in [3.8, 4) is 0 Å². The fourth-order valence-electron chi connectivity index (χ4n) is 2.74. The lowest BCUT2D eigenvalue weighted by atomic mass is 9.93. The maximum Gasteiger partial charge on any atom is 0.327 e. The van der Waals surface area contributed by atoms with E-state index in [-0.39, 0.29) is 0 Å². The van der Waals surface area contributed by atoms with E-state index in [4.69, 9.17) is 4.74 Å². The Kier molecular flexibility index (Phi) is 6.14. The molecule has 4 amide bonds. The molecule has 0 aliphatic carbocycles. The molecule has 1 fully saturated rings. The minimum absolute atomic E-state index is 0.342. The molecular weight excluding hydrogens is 357 g/mol. The van der Waals surface area contributed by atoms with Gasteiger partial charge < -0.3 is 15.4 Å². The molecule has 1 aromatic carbocycles. The van der Waals surface area contributed by atoms with Gasteiger partial charge in [-0.15, -0.1) is 0 Å². The van der Waals surface area contributed by atoms with Gasteiger partial charge in [0, 0.05) is 5.69 Å². The number of amides is 4. The Morgan fingerprint density at radius 2 is 1.81 bits per heavy atom. The zero-order valence-electron chi connectivity index (χ0n) is 15.4. The summed E-state index contributed by atoms with van der Waals surface area (Å²) in [5.74, 6) is -2.44. The Morgan fingerprint density at radius 1 is 1.22 bits per heavy atom. The molecule has 8 nitrogen and oxygen atoms in total. The van der Waals surface area contributed by atoms with Crippen molar-refractivity contribution in [2.45, 2.75) is 45.3 Å². The Hall–Kier alpha value is -2.97. The van der Waals surface area contributed by atoms with Crippen LogP contribution in [0.15, 0.2) is 24.3 Å². The first-order chi connectivity index (χ1) is 12.7. The molecule has 27 heavy (non-hydrogen) atoms. The molecule has 0 saturated carbocycles. The molecule has 0 radical (unpaired) electrons. The molecule has 1 atom stereocenters. The smallest absolute Gasteiger partial charge is 0.327 e. The predicted octanol–water partition coefficient (Wildman–Crippen LogP) is 1.81. The second kappa shape index (κ2) is 8.15. The summed E-state index contributed by atoms with van der Waals surface area (Å²) in [5.41, 5.74) is -0.669. The van der Waals surface area contributed by atoms with E-state index in [1.165, 1.54) is 31.2 Å². The van der Waals surface area contributed by atoms with E-state index in [0.717, 1.165) is 4.90 Å². The Morgan fingerprint density at radius 3 is 2.33 bits per heavy atom. The van der Waals surface area contributed by atoms with Crippen molar-refractivity contribution in [1.82, 2.24) is 10.2 Å². The summed E-state index contributed by atoms with van der Waals surface area (Å²) in [6.45, 7) is 4.31. The van der Waals surface area contributed by atoms with Crippen molar-refractivity contribution in [2.75, 3.05) is 11.9 Å². The molecule has 1 aliphatic rings. The van der Waals surface area contributed by atoms with Gasteiger partial charge >= 0.3 is 12.0 Å². The third-order valence-corrected chi connectivity index (χ3v) is 4.53. The lowest BCUT2D eigenvalue weighted by Crippen LogP contribution is -2.46. The first-order valence-corrected chi connectivity index (χ1v) is 8.62. The van der Waals surface area contributed by atoms with E-state index < -0.39 is 47.8 Å². The number of benzene rings is 1. The van der Waals surface area contributed by atoms with Gasteiger partial charge in [-0.1, -0.05) is 13.8 Å². The van der Waals surface area contributed by atoms with Gasteiger partial charge in [-0.3, -0.25) is 19.3 Å². The maximum atomic E-state index is 12.9. The van der Waals surface area contributed by atoms with Crippen molar-refractivity contribution in [3.63, 3.8) is 0 Å². The van der Waals surface area contributed by atoms with Crippen LogP contribution in [0.3, 0.4) is 0 Å². The summed E-state index contributed by atoms with van der Waals surface area (Å²) < 4.78 is 17.9. The third kappa shape index (κ3) is 4.42. The van der Waals surface area contributed by atoms with Crippen molar-refractivity contribution in [3.05, 3.63) is 30.1 Å². The summed E-state index contributed by atoms with van der Waals surface area (Å²) in [5, 5.41) is 5.08. The van der Waals surface area contributed by atoms with Gasteiger partial charge in [0.25, 0.3) is 11.8 Å². The molecule has 1 aromatic rings. The van der Waals surface area contributed by atoms with Crippen molar-refractivity contribution in [1.29, 1.82) is 0 Å². The van der Waals surface area contributed by atoms with Gasteiger partial charge in [-0.2, -0.15) is 0 Å². The largest absolute Gasteiger partial charge is 0.451 e. The van der Waals surface area contributed by atoms with E-state index in [9.17, 15) is 23.6 Å². The molecule has 1 aliphatic heterocycles. The maximum absolute atomic E-state index is 12.9. The highest BCUT2D eigenvalue weighted by Gasteiger charge is 2.49. The highest BCUT2D eigenvalue weighted by atomic mass is 19.1.